The molecule has 0 aliphatic carbocycles. The molecular formula is C16H21FN2O2. The highest BCUT2D eigenvalue weighted by Gasteiger charge is 2.41. The maximum Gasteiger partial charge on any atom is 0.315 e. The van der Waals surface area contributed by atoms with Gasteiger partial charge in [-0.25, -0.2) is 9.18 Å². The van der Waals surface area contributed by atoms with Crippen molar-refractivity contribution in [2.24, 2.45) is 0 Å². The Hall–Kier alpha value is -1.62. The maximum atomic E-state index is 13.1. The third-order valence-electron chi connectivity index (χ3n) is 4.23. The molecule has 2 aliphatic rings. The molecule has 4 atom stereocenters. The van der Waals surface area contributed by atoms with E-state index < -0.39 is 0 Å². The summed E-state index contributed by atoms with van der Waals surface area (Å²) >= 11 is 0. The molecular weight excluding hydrogens is 271 g/mol. The van der Waals surface area contributed by atoms with E-state index in [4.69, 9.17) is 4.74 Å². The number of nitrogens with one attached hydrogen (secondary N) is 2. The van der Waals surface area contributed by atoms with Crippen molar-refractivity contribution in [3.05, 3.63) is 35.6 Å². The molecule has 114 valence electrons. The Balaban J connectivity index is 1.46. The Labute approximate surface area is 124 Å². The predicted molar refractivity (Wildman–Crippen MR) is 77.5 cm³/mol. The standard InChI is InChI=1S/C16H21FN2O2/c1-10(7-11-3-2-4-12(17)8-11)18-16(20)19-14-9-13-5-6-15(14)21-13/h2-4,8,10,13-15H,5-7,9H2,1H3,(H2,18,19,20)/t10-,13+,14-,15+/m0/s1. The largest absolute Gasteiger partial charge is 0.373 e. The number of carbonyl (C=O) groups is 1. The number of hydrogen-bond donors (Lipinski definition) is 2. The minimum absolute atomic E-state index is 0.0497. The van der Waals surface area contributed by atoms with Crippen LogP contribution in [0.3, 0.4) is 0 Å². The minimum Gasteiger partial charge on any atom is -0.373 e. The molecule has 1 aromatic rings. The van der Waals surface area contributed by atoms with E-state index in [1.807, 2.05) is 13.0 Å². The number of rotatable bonds is 4. The quantitative estimate of drug-likeness (QED) is 0.895. The van der Waals surface area contributed by atoms with Gasteiger partial charge in [0.05, 0.1) is 18.2 Å². The summed E-state index contributed by atoms with van der Waals surface area (Å²) in [5, 5.41) is 5.90. The Kier molecular flexibility index (Phi) is 4.10. The Morgan fingerprint density at radius 3 is 3.00 bits per heavy atom. The van der Waals surface area contributed by atoms with E-state index in [1.165, 1.54) is 12.1 Å². The molecule has 21 heavy (non-hydrogen) atoms. The number of hydrogen-bond acceptors (Lipinski definition) is 2. The van der Waals surface area contributed by atoms with E-state index in [-0.39, 0.29) is 30.0 Å². The van der Waals surface area contributed by atoms with Crippen molar-refractivity contribution in [1.29, 1.82) is 0 Å². The molecule has 1 aromatic carbocycles. The number of carbonyl (C=O) groups excluding carboxylic acids is 1. The summed E-state index contributed by atoms with van der Waals surface area (Å²) in [4.78, 5) is 12.0. The smallest absolute Gasteiger partial charge is 0.315 e. The van der Waals surface area contributed by atoms with Crippen LogP contribution in [0.15, 0.2) is 24.3 Å². The van der Waals surface area contributed by atoms with Crippen LogP contribution in [0.1, 0.15) is 31.7 Å². The normalized spacial score (nSPS) is 28.4. The highest BCUT2D eigenvalue weighted by atomic mass is 19.1. The van der Waals surface area contributed by atoms with Gasteiger partial charge < -0.3 is 15.4 Å². The van der Waals surface area contributed by atoms with Crippen molar-refractivity contribution in [2.75, 3.05) is 0 Å². The van der Waals surface area contributed by atoms with E-state index in [1.54, 1.807) is 6.07 Å². The third kappa shape index (κ3) is 3.53. The van der Waals surface area contributed by atoms with Crippen LogP contribution in [-0.4, -0.2) is 30.3 Å². The lowest BCUT2D eigenvalue weighted by molar-refractivity contribution is 0.0980. The van der Waals surface area contributed by atoms with Gasteiger partial charge in [-0.1, -0.05) is 12.1 Å². The summed E-state index contributed by atoms with van der Waals surface area (Å²) < 4.78 is 18.8. The summed E-state index contributed by atoms with van der Waals surface area (Å²) in [5.74, 6) is -0.247. The molecule has 3 rings (SSSR count). The summed E-state index contributed by atoms with van der Waals surface area (Å²) in [6.45, 7) is 1.92. The van der Waals surface area contributed by atoms with Gasteiger partial charge in [-0.05, 0) is 50.3 Å². The van der Waals surface area contributed by atoms with E-state index in [0.717, 1.165) is 24.8 Å². The molecule has 2 aliphatic heterocycles. The number of urea groups is 1. The van der Waals surface area contributed by atoms with E-state index >= 15 is 0 Å². The number of amides is 2. The number of ether oxygens (including phenoxy) is 1. The van der Waals surface area contributed by atoms with Crippen LogP contribution in [0.25, 0.3) is 0 Å². The van der Waals surface area contributed by atoms with Crippen molar-refractivity contribution in [1.82, 2.24) is 10.6 Å². The zero-order chi connectivity index (χ0) is 14.8. The van der Waals surface area contributed by atoms with Crippen molar-refractivity contribution in [3.63, 3.8) is 0 Å². The van der Waals surface area contributed by atoms with Crippen LogP contribution in [-0.2, 0) is 11.2 Å². The molecule has 0 aromatic heterocycles. The van der Waals surface area contributed by atoms with Crippen LogP contribution in [0.4, 0.5) is 9.18 Å². The van der Waals surface area contributed by atoms with Crippen LogP contribution in [0.2, 0.25) is 0 Å². The zero-order valence-electron chi connectivity index (χ0n) is 12.1. The first-order chi connectivity index (χ1) is 10.1. The Morgan fingerprint density at radius 1 is 1.48 bits per heavy atom. The minimum atomic E-state index is -0.247. The molecule has 0 unspecified atom stereocenters. The number of halogens is 1. The lowest BCUT2D eigenvalue weighted by Gasteiger charge is -2.22. The van der Waals surface area contributed by atoms with Crippen molar-refractivity contribution in [3.8, 4) is 0 Å². The topological polar surface area (TPSA) is 50.4 Å². The van der Waals surface area contributed by atoms with Gasteiger partial charge in [0, 0.05) is 6.04 Å². The highest BCUT2D eigenvalue weighted by Crippen LogP contribution is 2.34. The Morgan fingerprint density at radius 2 is 2.33 bits per heavy atom. The summed E-state index contributed by atoms with van der Waals surface area (Å²) in [7, 11) is 0. The summed E-state index contributed by atoms with van der Waals surface area (Å²) in [5.41, 5.74) is 0.881. The average Bonchev–Trinajstić information content (AvgIpc) is 3.00. The average molecular weight is 292 g/mol. The van der Waals surface area contributed by atoms with Crippen LogP contribution < -0.4 is 10.6 Å². The van der Waals surface area contributed by atoms with Gasteiger partial charge in [-0.3, -0.25) is 0 Å². The van der Waals surface area contributed by atoms with Gasteiger partial charge in [0.25, 0.3) is 0 Å². The van der Waals surface area contributed by atoms with Gasteiger partial charge in [-0.15, -0.1) is 0 Å². The third-order valence-corrected chi connectivity index (χ3v) is 4.23. The van der Waals surface area contributed by atoms with E-state index in [2.05, 4.69) is 10.6 Å². The first-order valence-electron chi connectivity index (χ1n) is 7.57. The maximum absolute atomic E-state index is 13.1. The second kappa shape index (κ2) is 6.02. The molecule has 0 saturated carbocycles. The molecule has 2 N–H and O–H groups in total. The second-order valence-electron chi connectivity index (χ2n) is 6.07. The van der Waals surface area contributed by atoms with Crippen molar-refractivity contribution in [2.45, 2.75) is 56.9 Å². The fourth-order valence-electron chi connectivity index (χ4n) is 3.29. The van der Waals surface area contributed by atoms with Gasteiger partial charge in [0.2, 0.25) is 0 Å². The van der Waals surface area contributed by atoms with Gasteiger partial charge >= 0.3 is 6.03 Å². The second-order valence-corrected chi connectivity index (χ2v) is 6.07. The van der Waals surface area contributed by atoms with Crippen LogP contribution in [0.5, 0.6) is 0 Å². The molecule has 2 fully saturated rings. The monoisotopic (exact) mass is 292 g/mol. The van der Waals surface area contributed by atoms with Crippen LogP contribution in [0, 0.1) is 5.82 Å². The number of benzene rings is 1. The fourth-order valence-corrected chi connectivity index (χ4v) is 3.29. The first-order valence-corrected chi connectivity index (χ1v) is 7.57. The van der Waals surface area contributed by atoms with Crippen molar-refractivity contribution >= 4 is 6.03 Å². The first kappa shape index (κ1) is 14.3. The lowest BCUT2D eigenvalue weighted by atomic mass is 9.96. The molecule has 5 heteroatoms. The zero-order valence-corrected chi connectivity index (χ0v) is 12.1. The molecule has 0 radical (unpaired) electrons. The molecule has 2 heterocycles. The molecule has 4 nitrogen and oxygen atoms in total. The van der Waals surface area contributed by atoms with Crippen LogP contribution >= 0.6 is 0 Å². The van der Waals surface area contributed by atoms with E-state index in [9.17, 15) is 9.18 Å². The number of fused-ring (bicyclic) bond motifs is 2. The van der Waals surface area contributed by atoms with Gasteiger partial charge in [-0.2, -0.15) is 0 Å². The van der Waals surface area contributed by atoms with E-state index in [0.29, 0.717) is 12.5 Å². The highest BCUT2D eigenvalue weighted by molar-refractivity contribution is 5.74. The lowest BCUT2D eigenvalue weighted by Crippen LogP contribution is -2.49. The van der Waals surface area contributed by atoms with Crippen molar-refractivity contribution < 1.29 is 13.9 Å². The Bertz CT molecular complexity index is 523. The molecule has 2 saturated heterocycles. The SMILES string of the molecule is C[C@@H](Cc1cccc(F)c1)NC(=O)N[C@H]1C[C@H]2CC[C@H]1O2. The fraction of sp³-hybridized carbons (Fsp3) is 0.562. The summed E-state index contributed by atoms with van der Waals surface area (Å²) in [6, 6.07) is 6.38. The van der Waals surface area contributed by atoms with Gasteiger partial charge in [0.15, 0.2) is 0 Å². The molecule has 2 bridgehead atoms. The predicted octanol–water partition coefficient (Wildman–Crippen LogP) is 2.38. The van der Waals surface area contributed by atoms with Gasteiger partial charge in [0.1, 0.15) is 5.82 Å². The molecule has 0 spiro atoms. The summed E-state index contributed by atoms with van der Waals surface area (Å²) in [6.07, 6.45) is 4.17. The molecule has 2 amide bonds.